The molecule has 8 heteroatoms. The summed E-state index contributed by atoms with van der Waals surface area (Å²) in [5.74, 6) is 0.787. The van der Waals surface area contributed by atoms with Gasteiger partial charge in [0.2, 0.25) is 0 Å². The lowest BCUT2D eigenvalue weighted by molar-refractivity contribution is 0.0744. The van der Waals surface area contributed by atoms with E-state index in [0.29, 0.717) is 19.6 Å². The number of nitrogens with one attached hydrogen (secondary N) is 2. The monoisotopic (exact) mass is 392 g/mol. The van der Waals surface area contributed by atoms with E-state index < -0.39 is 6.43 Å². The van der Waals surface area contributed by atoms with E-state index in [1.807, 2.05) is 28.5 Å². The molecular weight excluding hydrogens is 362 g/mol. The van der Waals surface area contributed by atoms with Gasteiger partial charge in [0, 0.05) is 51.0 Å². The molecule has 154 valence electrons. The highest BCUT2D eigenvalue weighted by molar-refractivity contribution is 5.80. The minimum atomic E-state index is -2.26. The Morgan fingerprint density at radius 3 is 2.82 bits per heavy atom. The molecule has 1 aliphatic heterocycles. The van der Waals surface area contributed by atoms with Gasteiger partial charge in [-0.15, -0.1) is 0 Å². The van der Waals surface area contributed by atoms with Gasteiger partial charge in [-0.05, 0) is 38.3 Å². The first-order chi connectivity index (χ1) is 13.5. The number of halogens is 2. The number of nitrogens with zero attached hydrogens (tertiary/aromatic N) is 4. The summed E-state index contributed by atoms with van der Waals surface area (Å²) in [6.07, 6.45) is 4.27. The summed E-state index contributed by atoms with van der Waals surface area (Å²) < 4.78 is 27.1. The second-order valence-corrected chi connectivity index (χ2v) is 7.28. The van der Waals surface area contributed by atoms with Crippen LogP contribution in [0.4, 0.5) is 8.78 Å². The van der Waals surface area contributed by atoms with Crippen LogP contribution >= 0.6 is 0 Å². The molecule has 0 aliphatic carbocycles. The number of rotatable bonds is 7. The minimum absolute atomic E-state index is 0.126. The van der Waals surface area contributed by atoms with Gasteiger partial charge in [-0.3, -0.25) is 9.89 Å². The van der Waals surface area contributed by atoms with E-state index in [4.69, 9.17) is 0 Å². The number of likely N-dealkylation sites (tertiary alicyclic amines) is 1. The third kappa shape index (κ3) is 5.64. The summed E-state index contributed by atoms with van der Waals surface area (Å²) in [4.78, 5) is 11.2. The topological polar surface area (TPSA) is 57.0 Å². The summed E-state index contributed by atoms with van der Waals surface area (Å²) in [5, 5.41) is 6.73. The van der Waals surface area contributed by atoms with Gasteiger partial charge in [0.1, 0.15) is 5.65 Å². The fourth-order valence-electron chi connectivity index (χ4n) is 3.58. The van der Waals surface area contributed by atoms with Gasteiger partial charge < -0.3 is 15.0 Å². The smallest absolute Gasteiger partial charge is 0.251 e. The number of piperidine rings is 1. The van der Waals surface area contributed by atoms with Gasteiger partial charge in [-0.1, -0.05) is 6.07 Å². The molecule has 28 heavy (non-hydrogen) atoms. The average molecular weight is 392 g/mol. The van der Waals surface area contributed by atoms with E-state index in [1.165, 1.54) is 0 Å². The SMILES string of the molecule is CCNC(=NCCc1cn2cccc(C)c2n1)NC1CCN(CC(F)F)CC1. The van der Waals surface area contributed by atoms with Gasteiger partial charge in [-0.2, -0.15) is 0 Å². The van der Waals surface area contributed by atoms with Crippen LogP contribution in [-0.4, -0.2) is 65.4 Å². The zero-order chi connectivity index (χ0) is 19.9. The standard InChI is InChI=1S/C20H30F2N6/c1-3-23-20(26-16-7-11-27(12-8-16)14-18(21)22)24-9-6-17-13-28-10-4-5-15(2)19(28)25-17/h4-5,10,13,16,18H,3,6-9,11-12,14H2,1-2H3,(H2,23,24,26). The third-order valence-corrected chi connectivity index (χ3v) is 5.03. The Balaban J connectivity index is 1.52. The molecule has 1 aliphatic rings. The van der Waals surface area contributed by atoms with Crippen LogP contribution in [0, 0.1) is 6.92 Å². The number of hydrogen-bond acceptors (Lipinski definition) is 3. The van der Waals surface area contributed by atoms with Crippen molar-refractivity contribution in [2.24, 2.45) is 4.99 Å². The normalized spacial score (nSPS) is 16.8. The molecule has 2 N–H and O–H groups in total. The molecule has 0 atom stereocenters. The summed E-state index contributed by atoms with van der Waals surface area (Å²) in [7, 11) is 0. The maximum atomic E-state index is 12.5. The zero-order valence-corrected chi connectivity index (χ0v) is 16.7. The fraction of sp³-hybridized carbons (Fsp3) is 0.600. The van der Waals surface area contributed by atoms with Crippen LogP contribution in [0.25, 0.3) is 5.65 Å². The van der Waals surface area contributed by atoms with Gasteiger partial charge in [0.05, 0.1) is 12.2 Å². The van der Waals surface area contributed by atoms with Crippen molar-refractivity contribution in [3.05, 3.63) is 35.8 Å². The first-order valence-electron chi connectivity index (χ1n) is 10.0. The quantitative estimate of drug-likeness (QED) is 0.562. The number of fused-ring (bicyclic) bond motifs is 1. The number of hydrogen-bond donors (Lipinski definition) is 2. The van der Waals surface area contributed by atoms with Gasteiger partial charge in [-0.25, -0.2) is 13.8 Å². The van der Waals surface area contributed by atoms with Crippen LogP contribution in [0.2, 0.25) is 0 Å². The van der Waals surface area contributed by atoms with Crippen molar-refractivity contribution >= 4 is 11.6 Å². The van der Waals surface area contributed by atoms with Crippen molar-refractivity contribution in [1.29, 1.82) is 0 Å². The number of pyridine rings is 1. The predicted octanol–water partition coefficient (Wildman–Crippen LogP) is 2.47. The van der Waals surface area contributed by atoms with Crippen molar-refractivity contribution in [2.75, 3.05) is 32.7 Å². The molecule has 0 radical (unpaired) electrons. The van der Waals surface area contributed by atoms with Gasteiger partial charge >= 0.3 is 0 Å². The summed E-state index contributed by atoms with van der Waals surface area (Å²) >= 11 is 0. The summed E-state index contributed by atoms with van der Waals surface area (Å²) in [6, 6.07) is 4.35. The van der Waals surface area contributed by atoms with E-state index in [9.17, 15) is 8.78 Å². The lowest BCUT2D eigenvalue weighted by Gasteiger charge is -2.32. The molecule has 2 aromatic rings. The highest BCUT2D eigenvalue weighted by Gasteiger charge is 2.21. The van der Waals surface area contributed by atoms with Crippen molar-refractivity contribution in [3.63, 3.8) is 0 Å². The maximum absolute atomic E-state index is 12.5. The molecule has 1 saturated heterocycles. The van der Waals surface area contributed by atoms with E-state index >= 15 is 0 Å². The Morgan fingerprint density at radius 2 is 2.14 bits per heavy atom. The van der Waals surface area contributed by atoms with Crippen molar-refractivity contribution < 1.29 is 8.78 Å². The fourth-order valence-corrected chi connectivity index (χ4v) is 3.58. The second kappa shape index (κ2) is 9.82. The van der Waals surface area contributed by atoms with E-state index in [-0.39, 0.29) is 12.6 Å². The number of alkyl halides is 2. The van der Waals surface area contributed by atoms with Gasteiger partial charge in [0.15, 0.2) is 5.96 Å². The molecule has 1 fully saturated rings. The third-order valence-electron chi connectivity index (χ3n) is 5.03. The van der Waals surface area contributed by atoms with Crippen LogP contribution < -0.4 is 10.6 Å². The van der Waals surface area contributed by atoms with Crippen LogP contribution in [0.5, 0.6) is 0 Å². The van der Waals surface area contributed by atoms with E-state index in [2.05, 4.69) is 39.8 Å². The van der Waals surface area contributed by atoms with E-state index in [0.717, 1.165) is 48.7 Å². The highest BCUT2D eigenvalue weighted by Crippen LogP contribution is 2.12. The molecule has 3 rings (SSSR count). The highest BCUT2D eigenvalue weighted by atomic mass is 19.3. The Labute approximate surface area is 165 Å². The minimum Gasteiger partial charge on any atom is -0.357 e. The molecule has 0 unspecified atom stereocenters. The number of aromatic nitrogens is 2. The van der Waals surface area contributed by atoms with Crippen LogP contribution in [0.15, 0.2) is 29.5 Å². The van der Waals surface area contributed by atoms with Crippen LogP contribution in [-0.2, 0) is 6.42 Å². The first-order valence-corrected chi connectivity index (χ1v) is 10.0. The number of aryl methyl sites for hydroxylation is 1. The average Bonchev–Trinajstić information content (AvgIpc) is 3.07. The molecule has 0 spiro atoms. The summed E-state index contributed by atoms with van der Waals surface area (Å²) in [5.41, 5.74) is 3.17. The molecule has 3 heterocycles. The lowest BCUT2D eigenvalue weighted by Crippen LogP contribution is -2.49. The molecule has 0 saturated carbocycles. The number of guanidine groups is 1. The molecule has 0 amide bonds. The van der Waals surface area contributed by atoms with Crippen molar-refractivity contribution in [2.45, 2.75) is 45.6 Å². The molecular formula is C20H30F2N6. The number of imidazole rings is 1. The predicted molar refractivity (Wildman–Crippen MR) is 108 cm³/mol. The van der Waals surface area contributed by atoms with Crippen molar-refractivity contribution in [3.8, 4) is 0 Å². The Hall–Kier alpha value is -2.22. The second-order valence-electron chi connectivity index (χ2n) is 7.28. The molecule has 0 bridgehead atoms. The summed E-state index contributed by atoms with van der Waals surface area (Å²) in [6.45, 7) is 6.78. The Bertz CT molecular complexity index is 780. The van der Waals surface area contributed by atoms with E-state index in [1.54, 1.807) is 0 Å². The zero-order valence-electron chi connectivity index (χ0n) is 16.7. The van der Waals surface area contributed by atoms with Crippen LogP contribution in [0.3, 0.4) is 0 Å². The number of aliphatic imine (C=N–C) groups is 1. The lowest BCUT2D eigenvalue weighted by atomic mass is 10.1. The Kier molecular flexibility index (Phi) is 7.19. The molecule has 2 aromatic heterocycles. The van der Waals surface area contributed by atoms with Gasteiger partial charge in [0.25, 0.3) is 6.43 Å². The van der Waals surface area contributed by atoms with Crippen molar-refractivity contribution in [1.82, 2.24) is 24.9 Å². The largest absolute Gasteiger partial charge is 0.357 e. The van der Waals surface area contributed by atoms with Crippen LogP contribution in [0.1, 0.15) is 31.0 Å². The molecule has 0 aromatic carbocycles. The Morgan fingerprint density at radius 1 is 1.36 bits per heavy atom. The molecule has 6 nitrogen and oxygen atoms in total. The maximum Gasteiger partial charge on any atom is 0.251 e. The first kappa shape index (κ1) is 20.5.